The number of rotatable bonds is 4. The molecule has 3 rings (SSSR count). The third kappa shape index (κ3) is 3.94. The van der Waals surface area contributed by atoms with E-state index in [4.69, 9.17) is 0 Å². The number of amides is 1. The van der Waals surface area contributed by atoms with Gasteiger partial charge in [0.05, 0.1) is 11.3 Å². The molecule has 3 aromatic rings. The fourth-order valence-corrected chi connectivity index (χ4v) is 3.70. The summed E-state index contributed by atoms with van der Waals surface area (Å²) < 4.78 is 0.996. The van der Waals surface area contributed by atoms with E-state index < -0.39 is 0 Å². The molecule has 0 bridgehead atoms. The molecule has 0 spiro atoms. The van der Waals surface area contributed by atoms with Crippen LogP contribution in [-0.2, 0) is 4.79 Å². The van der Waals surface area contributed by atoms with E-state index in [0.29, 0.717) is 11.6 Å². The molecule has 0 radical (unpaired) electrons. The van der Waals surface area contributed by atoms with Crippen LogP contribution in [-0.4, -0.2) is 21.6 Å². The normalized spacial score (nSPS) is 10.8. The molecular weight excluding hydrogens is 386 g/mol. The molecule has 1 aromatic heterocycles. The van der Waals surface area contributed by atoms with E-state index in [-0.39, 0.29) is 5.91 Å². The SMILES string of the molecule is Cc1nc(SCC(=O)Nc2ccc(Br)cc2C)c2ccccc2n1. The van der Waals surface area contributed by atoms with Crippen molar-refractivity contribution in [2.75, 3.05) is 11.1 Å². The number of carbonyl (C=O) groups is 1. The molecule has 0 aliphatic heterocycles. The zero-order valence-corrected chi connectivity index (χ0v) is 15.7. The average molecular weight is 402 g/mol. The number of benzene rings is 2. The topological polar surface area (TPSA) is 54.9 Å². The van der Waals surface area contributed by atoms with E-state index >= 15 is 0 Å². The molecule has 0 fully saturated rings. The fraction of sp³-hybridized carbons (Fsp3) is 0.167. The Hall–Kier alpha value is -1.92. The molecule has 2 aromatic carbocycles. The van der Waals surface area contributed by atoms with Crippen LogP contribution in [0.4, 0.5) is 5.69 Å². The van der Waals surface area contributed by atoms with Gasteiger partial charge in [0.2, 0.25) is 5.91 Å². The Balaban J connectivity index is 1.73. The lowest BCUT2D eigenvalue weighted by Crippen LogP contribution is -2.15. The molecule has 24 heavy (non-hydrogen) atoms. The molecule has 1 heterocycles. The number of hydrogen-bond donors (Lipinski definition) is 1. The van der Waals surface area contributed by atoms with E-state index in [0.717, 1.165) is 31.7 Å². The maximum absolute atomic E-state index is 12.3. The second-order valence-electron chi connectivity index (χ2n) is 5.39. The van der Waals surface area contributed by atoms with Gasteiger partial charge < -0.3 is 5.32 Å². The van der Waals surface area contributed by atoms with Crippen LogP contribution in [0.15, 0.2) is 52.0 Å². The number of aromatic nitrogens is 2. The van der Waals surface area contributed by atoms with Gasteiger partial charge in [-0.05, 0) is 43.7 Å². The Morgan fingerprint density at radius 1 is 1.17 bits per heavy atom. The number of nitrogens with zero attached hydrogens (tertiary/aromatic N) is 2. The highest BCUT2D eigenvalue weighted by molar-refractivity contribution is 9.10. The van der Waals surface area contributed by atoms with Crippen molar-refractivity contribution >= 4 is 50.2 Å². The number of fused-ring (bicyclic) bond motifs is 1. The lowest BCUT2D eigenvalue weighted by atomic mass is 10.2. The van der Waals surface area contributed by atoms with Crippen LogP contribution in [0.1, 0.15) is 11.4 Å². The van der Waals surface area contributed by atoms with Gasteiger partial charge in [-0.1, -0.05) is 45.9 Å². The molecule has 0 aliphatic carbocycles. The number of para-hydroxylation sites is 1. The Kier molecular flexibility index (Phi) is 5.16. The monoisotopic (exact) mass is 401 g/mol. The first-order valence-electron chi connectivity index (χ1n) is 7.45. The predicted octanol–water partition coefficient (Wildman–Crippen LogP) is 4.74. The van der Waals surface area contributed by atoms with Crippen molar-refractivity contribution < 1.29 is 4.79 Å². The average Bonchev–Trinajstić information content (AvgIpc) is 2.55. The van der Waals surface area contributed by atoms with Crippen molar-refractivity contribution in [2.45, 2.75) is 18.9 Å². The largest absolute Gasteiger partial charge is 0.325 e. The second-order valence-corrected chi connectivity index (χ2v) is 7.27. The van der Waals surface area contributed by atoms with Gasteiger partial charge in [0, 0.05) is 15.5 Å². The van der Waals surface area contributed by atoms with Crippen LogP contribution < -0.4 is 5.32 Å². The first-order chi connectivity index (χ1) is 11.5. The standard InChI is InChI=1S/C18H16BrN3OS/c1-11-9-13(19)7-8-15(11)22-17(23)10-24-18-14-5-3-4-6-16(14)20-12(2)21-18/h3-9H,10H2,1-2H3,(H,22,23). The molecule has 4 nitrogen and oxygen atoms in total. The highest BCUT2D eigenvalue weighted by Gasteiger charge is 2.10. The van der Waals surface area contributed by atoms with Crippen molar-refractivity contribution in [1.82, 2.24) is 9.97 Å². The summed E-state index contributed by atoms with van der Waals surface area (Å²) in [5.74, 6) is 0.960. The fourth-order valence-electron chi connectivity index (χ4n) is 2.36. The van der Waals surface area contributed by atoms with Gasteiger partial charge in [0.15, 0.2) is 0 Å². The summed E-state index contributed by atoms with van der Waals surface area (Å²) in [5.41, 5.74) is 2.75. The number of nitrogens with one attached hydrogen (secondary N) is 1. The van der Waals surface area contributed by atoms with Crippen LogP contribution in [0.25, 0.3) is 10.9 Å². The van der Waals surface area contributed by atoms with Crippen LogP contribution in [0.2, 0.25) is 0 Å². The van der Waals surface area contributed by atoms with Crippen molar-refractivity contribution in [3.63, 3.8) is 0 Å². The lowest BCUT2D eigenvalue weighted by Gasteiger charge is -2.09. The van der Waals surface area contributed by atoms with Gasteiger partial charge >= 0.3 is 0 Å². The van der Waals surface area contributed by atoms with Crippen molar-refractivity contribution in [3.05, 3.63) is 58.3 Å². The number of anilines is 1. The van der Waals surface area contributed by atoms with E-state index in [1.54, 1.807) is 0 Å². The quantitative estimate of drug-likeness (QED) is 0.506. The Bertz CT molecular complexity index is 914. The zero-order valence-electron chi connectivity index (χ0n) is 13.3. The summed E-state index contributed by atoms with van der Waals surface area (Å²) in [6, 6.07) is 13.6. The lowest BCUT2D eigenvalue weighted by molar-refractivity contribution is -0.113. The van der Waals surface area contributed by atoms with Crippen LogP contribution in [0, 0.1) is 13.8 Å². The molecule has 0 saturated carbocycles. The molecule has 6 heteroatoms. The third-order valence-corrected chi connectivity index (χ3v) is 4.97. The first-order valence-corrected chi connectivity index (χ1v) is 9.23. The minimum atomic E-state index is -0.0502. The molecule has 122 valence electrons. The second kappa shape index (κ2) is 7.32. The molecule has 0 unspecified atom stereocenters. The van der Waals surface area contributed by atoms with Gasteiger partial charge in [0.1, 0.15) is 10.9 Å². The van der Waals surface area contributed by atoms with E-state index in [1.807, 2.05) is 56.3 Å². The van der Waals surface area contributed by atoms with Gasteiger partial charge in [-0.15, -0.1) is 0 Å². The van der Waals surface area contributed by atoms with Crippen LogP contribution in [0.5, 0.6) is 0 Å². The van der Waals surface area contributed by atoms with Crippen LogP contribution >= 0.6 is 27.7 Å². The molecule has 0 aliphatic rings. The number of aryl methyl sites for hydroxylation is 2. The molecule has 1 amide bonds. The third-order valence-electron chi connectivity index (χ3n) is 3.48. The van der Waals surface area contributed by atoms with Gasteiger partial charge in [0.25, 0.3) is 0 Å². The molecular formula is C18H16BrN3OS. The van der Waals surface area contributed by atoms with Crippen LogP contribution in [0.3, 0.4) is 0 Å². The summed E-state index contributed by atoms with van der Waals surface area (Å²) in [4.78, 5) is 21.2. The Morgan fingerprint density at radius 3 is 2.75 bits per heavy atom. The smallest absolute Gasteiger partial charge is 0.234 e. The first kappa shape index (κ1) is 16.9. The minimum absolute atomic E-state index is 0.0502. The summed E-state index contributed by atoms with van der Waals surface area (Å²) in [6.45, 7) is 3.83. The summed E-state index contributed by atoms with van der Waals surface area (Å²) in [6.07, 6.45) is 0. The summed E-state index contributed by atoms with van der Waals surface area (Å²) in [5, 5.41) is 4.75. The van der Waals surface area contributed by atoms with Gasteiger partial charge in [-0.25, -0.2) is 9.97 Å². The Labute approximate surface area is 153 Å². The van der Waals surface area contributed by atoms with Gasteiger partial charge in [-0.2, -0.15) is 0 Å². The van der Waals surface area contributed by atoms with Gasteiger partial charge in [-0.3, -0.25) is 4.79 Å². The zero-order chi connectivity index (χ0) is 17.1. The van der Waals surface area contributed by atoms with Crippen molar-refractivity contribution in [1.29, 1.82) is 0 Å². The van der Waals surface area contributed by atoms with E-state index in [9.17, 15) is 4.79 Å². The number of hydrogen-bond acceptors (Lipinski definition) is 4. The number of carbonyl (C=O) groups excluding carboxylic acids is 1. The Morgan fingerprint density at radius 2 is 1.96 bits per heavy atom. The van der Waals surface area contributed by atoms with E-state index in [1.165, 1.54) is 11.8 Å². The minimum Gasteiger partial charge on any atom is -0.325 e. The molecule has 1 N–H and O–H groups in total. The molecule has 0 atom stereocenters. The maximum atomic E-state index is 12.3. The summed E-state index contributed by atoms with van der Waals surface area (Å²) in [7, 11) is 0. The molecule has 0 saturated heterocycles. The highest BCUT2D eigenvalue weighted by atomic mass is 79.9. The summed E-state index contributed by atoms with van der Waals surface area (Å²) >= 11 is 4.85. The number of thioether (sulfide) groups is 1. The highest BCUT2D eigenvalue weighted by Crippen LogP contribution is 2.26. The van der Waals surface area contributed by atoms with E-state index in [2.05, 4.69) is 31.2 Å². The maximum Gasteiger partial charge on any atom is 0.234 e. The predicted molar refractivity (Wildman–Crippen MR) is 103 cm³/mol. The number of halogens is 1. The van der Waals surface area contributed by atoms with Crippen molar-refractivity contribution in [3.8, 4) is 0 Å². The van der Waals surface area contributed by atoms with Crippen molar-refractivity contribution in [2.24, 2.45) is 0 Å².